The highest BCUT2D eigenvalue weighted by Gasteiger charge is 2.09. The first-order valence-corrected chi connectivity index (χ1v) is 10.4. The summed E-state index contributed by atoms with van der Waals surface area (Å²) in [5.41, 5.74) is 1.02. The van der Waals surface area contributed by atoms with Crippen LogP contribution in [0.5, 0.6) is 11.5 Å². The predicted molar refractivity (Wildman–Crippen MR) is 116 cm³/mol. The fourth-order valence-corrected chi connectivity index (χ4v) is 3.78. The number of aliphatic hydroxyl groups is 1. The number of aryl methyl sites for hydroxylation is 1. The molecule has 6 nitrogen and oxygen atoms in total. The van der Waals surface area contributed by atoms with Crippen LogP contribution in [0.4, 0.5) is 0 Å². The van der Waals surface area contributed by atoms with Crippen molar-refractivity contribution < 1.29 is 14.6 Å². The predicted octanol–water partition coefficient (Wildman–Crippen LogP) is 3.12. The van der Waals surface area contributed by atoms with Gasteiger partial charge < -0.3 is 25.2 Å². The van der Waals surface area contributed by atoms with E-state index in [4.69, 9.17) is 19.6 Å². The van der Waals surface area contributed by atoms with Crippen LogP contribution in [0.15, 0.2) is 35.3 Å². The average Bonchev–Trinajstić information content (AvgIpc) is 3.09. The Bertz CT molecular complexity index is 761. The van der Waals surface area contributed by atoms with Crippen LogP contribution in [0.1, 0.15) is 29.2 Å². The highest BCUT2D eigenvalue weighted by atomic mass is 32.1. The molecule has 0 fully saturated rings. The van der Waals surface area contributed by atoms with E-state index < -0.39 is 0 Å². The van der Waals surface area contributed by atoms with Crippen LogP contribution < -0.4 is 20.1 Å². The molecule has 3 N–H and O–H groups in total. The van der Waals surface area contributed by atoms with E-state index in [0.29, 0.717) is 18.0 Å². The fraction of sp³-hybridized carbons (Fsp3) is 0.476. The topological polar surface area (TPSA) is 75.1 Å². The van der Waals surface area contributed by atoms with Gasteiger partial charge in [0.2, 0.25) is 0 Å². The van der Waals surface area contributed by atoms with Crippen molar-refractivity contribution in [3.8, 4) is 11.5 Å². The quantitative estimate of drug-likeness (QED) is 0.418. The Hall–Kier alpha value is -2.25. The minimum Gasteiger partial charge on any atom is -0.493 e. The van der Waals surface area contributed by atoms with E-state index >= 15 is 0 Å². The summed E-state index contributed by atoms with van der Waals surface area (Å²) in [6, 6.07) is 10.3. The molecule has 1 atom stereocenters. The highest BCUT2D eigenvalue weighted by Crippen LogP contribution is 2.28. The van der Waals surface area contributed by atoms with Crippen LogP contribution in [0.25, 0.3) is 0 Å². The Morgan fingerprint density at radius 1 is 1.25 bits per heavy atom. The second-order valence-electron chi connectivity index (χ2n) is 6.51. The van der Waals surface area contributed by atoms with Crippen LogP contribution >= 0.6 is 11.3 Å². The molecule has 1 heterocycles. The van der Waals surface area contributed by atoms with E-state index in [0.717, 1.165) is 24.5 Å². The number of methoxy groups -OCH3 is 1. The number of rotatable bonds is 10. The van der Waals surface area contributed by atoms with Crippen LogP contribution in [0.2, 0.25) is 0 Å². The van der Waals surface area contributed by atoms with E-state index in [-0.39, 0.29) is 19.3 Å². The third kappa shape index (κ3) is 7.05. The minimum absolute atomic E-state index is 0.0316. The van der Waals surface area contributed by atoms with E-state index in [1.807, 2.05) is 29.5 Å². The monoisotopic (exact) mass is 405 g/mol. The van der Waals surface area contributed by atoms with Gasteiger partial charge in [-0.3, -0.25) is 0 Å². The number of hydrogen-bond acceptors (Lipinski definition) is 5. The number of aliphatic imine (C=N–C) groups is 1. The molecular weight excluding hydrogens is 374 g/mol. The number of benzene rings is 1. The summed E-state index contributed by atoms with van der Waals surface area (Å²) < 4.78 is 10.9. The molecule has 1 unspecified atom stereocenters. The molecule has 1 aromatic heterocycles. The molecule has 2 aromatic rings. The summed E-state index contributed by atoms with van der Waals surface area (Å²) in [6.45, 7) is 7.89. The van der Waals surface area contributed by atoms with Gasteiger partial charge in [0.15, 0.2) is 17.5 Å². The van der Waals surface area contributed by atoms with Crippen molar-refractivity contribution in [3.05, 3.63) is 45.6 Å². The molecule has 154 valence electrons. The van der Waals surface area contributed by atoms with Crippen molar-refractivity contribution in [2.75, 3.05) is 26.9 Å². The number of nitrogens with zero attached hydrogens (tertiary/aromatic N) is 1. The maximum Gasteiger partial charge on any atom is 0.191 e. The van der Waals surface area contributed by atoms with Crippen LogP contribution in [0, 0.1) is 6.92 Å². The smallest absolute Gasteiger partial charge is 0.191 e. The lowest BCUT2D eigenvalue weighted by Crippen LogP contribution is -2.43. The van der Waals surface area contributed by atoms with Gasteiger partial charge in [0.1, 0.15) is 6.61 Å². The SMILES string of the molecule is CCNC(=NCc1ccc(OCCO)c(OC)c1)NC(C)Cc1ccc(C)s1. The zero-order chi connectivity index (χ0) is 20.4. The largest absolute Gasteiger partial charge is 0.493 e. The molecule has 2 rings (SSSR count). The molecule has 0 aliphatic rings. The maximum absolute atomic E-state index is 8.91. The molecule has 0 bridgehead atoms. The number of aliphatic hydroxyl groups excluding tert-OH is 1. The summed E-state index contributed by atoms with van der Waals surface area (Å²) in [6.07, 6.45) is 0.966. The highest BCUT2D eigenvalue weighted by molar-refractivity contribution is 7.11. The Morgan fingerprint density at radius 3 is 2.71 bits per heavy atom. The molecule has 0 saturated heterocycles. The molecule has 0 spiro atoms. The first-order chi connectivity index (χ1) is 13.5. The van der Waals surface area contributed by atoms with Gasteiger partial charge in [-0.25, -0.2) is 4.99 Å². The van der Waals surface area contributed by atoms with Gasteiger partial charge in [0.05, 0.1) is 20.3 Å². The summed E-state index contributed by atoms with van der Waals surface area (Å²) in [4.78, 5) is 7.41. The van der Waals surface area contributed by atoms with E-state index in [1.54, 1.807) is 7.11 Å². The van der Waals surface area contributed by atoms with E-state index in [9.17, 15) is 0 Å². The molecule has 0 saturated carbocycles. The normalized spacial score (nSPS) is 12.5. The van der Waals surface area contributed by atoms with Crippen molar-refractivity contribution in [1.29, 1.82) is 0 Å². The lowest BCUT2D eigenvalue weighted by Gasteiger charge is -2.17. The number of hydrogen-bond donors (Lipinski definition) is 3. The zero-order valence-corrected chi connectivity index (χ0v) is 17.9. The van der Waals surface area contributed by atoms with Crippen molar-refractivity contribution in [2.24, 2.45) is 4.99 Å². The number of ether oxygens (including phenoxy) is 2. The van der Waals surface area contributed by atoms with Crippen LogP contribution in [-0.4, -0.2) is 44.0 Å². The van der Waals surface area contributed by atoms with Crippen molar-refractivity contribution in [1.82, 2.24) is 10.6 Å². The first kappa shape index (κ1) is 22.0. The molecule has 28 heavy (non-hydrogen) atoms. The van der Waals surface area contributed by atoms with Crippen LogP contribution in [-0.2, 0) is 13.0 Å². The standard InChI is InChI=1S/C21H31N3O3S/c1-5-22-21(24-15(2)12-18-8-6-16(3)28-18)23-14-17-7-9-19(27-11-10-25)20(13-17)26-4/h6-9,13,15,25H,5,10-12,14H2,1-4H3,(H2,22,23,24). The Morgan fingerprint density at radius 2 is 2.07 bits per heavy atom. The zero-order valence-electron chi connectivity index (χ0n) is 17.1. The Kier molecular flexibility index (Phi) is 9.10. The Balaban J connectivity index is 2.00. The van der Waals surface area contributed by atoms with E-state index in [2.05, 4.69) is 43.5 Å². The van der Waals surface area contributed by atoms with Gasteiger partial charge in [-0.2, -0.15) is 0 Å². The second kappa shape index (κ2) is 11.6. The van der Waals surface area contributed by atoms with Crippen LogP contribution in [0.3, 0.4) is 0 Å². The molecule has 0 aliphatic carbocycles. The van der Waals surface area contributed by atoms with Gasteiger partial charge in [-0.05, 0) is 50.6 Å². The summed E-state index contributed by atoms with van der Waals surface area (Å²) >= 11 is 1.84. The van der Waals surface area contributed by atoms with Gasteiger partial charge in [-0.15, -0.1) is 11.3 Å². The van der Waals surface area contributed by atoms with Gasteiger partial charge in [0.25, 0.3) is 0 Å². The number of guanidine groups is 1. The lowest BCUT2D eigenvalue weighted by atomic mass is 10.2. The summed E-state index contributed by atoms with van der Waals surface area (Å²) in [5.74, 6) is 2.05. The minimum atomic E-state index is -0.0316. The molecule has 0 amide bonds. The first-order valence-electron chi connectivity index (χ1n) is 9.56. The molecule has 1 aromatic carbocycles. The maximum atomic E-state index is 8.91. The lowest BCUT2D eigenvalue weighted by molar-refractivity contribution is 0.196. The third-order valence-corrected chi connectivity index (χ3v) is 5.05. The average molecular weight is 406 g/mol. The summed E-state index contributed by atoms with van der Waals surface area (Å²) in [5, 5.41) is 15.7. The second-order valence-corrected chi connectivity index (χ2v) is 7.89. The fourth-order valence-electron chi connectivity index (χ4n) is 2.76. The summed E-state index contributed by atoms with van der Waals surface area (Å²) in [7, 11) is 1.60. The van der Waals surface area contributed by atoms with Gasteiger partial charge in [-0.1, -0.05) is 6.07 Å². The molecule has 7 heteroatoms. The molecular formula is C21H31N3O3S. The van der Waals surface area contributed by atoms with Crippen molar-refractivity contribution >= 4 is 17.3 Å². The van der Waals surface area contributed by atoms with Crippen molar-refractivity contribution in [3.63, 3.8) is 0 Å². The third-order valence-electron chi connectivity index (χ3n) is 4.03. The van der Waals surface area contributed by atoms with Gasteiger partial charge >= 0.3 is 0 Å². The van der Waals surface area contributed by atoms with E-state index in [1.165, 1.54) is 9.75 Å². The Labute approximate surface area is 171 Å². The molecule has 0 radical (unpaired) electrons. The van der Waals surface area contributed by atoms with Crippen molar-refractivity contribution in [2.45, 2.75) is 39.8 Å². The number of nitrogens with one attached hydrogen (secondary N) is 2. The van der Waals surface area contributed by atoms with Gasteiger partial charge in [0, 0.05) is 28.8 Å². The molecule has 0 aliphatic heterocycles. The number of thiophene rings is 1.